The van der Waals surface area contributed by atoms with Gasteiger partial charge in [-0.3, -0.25) is 10.2 Å². The first kappa shape index (κ1) is 23.3. The van der Waals surface area contributed by atoms with Crippen LogP contribution >= 0.6 is 11.3 Å². The second-order valence-electron chi connectivity index (χ2n) is 7.55. The second-order valence-corrected chi connectivity index (χ2v) is 8.60. The molecule has 0 saturated carbocycles. The molecule has 1 amide bonds. The quantitative estimate of drug-likeness (QED) is 0.343. The summed E-state index contributed by atoms with van der Waals surface area (Å²) in [5, 5.41) is 12.1. The molecule has 0 spiro atoms. The van der Waals surface area contributed by atoms with E-state index in [0.717, 1.165) is 29.2 Å². The van der Waals surface area contributed by atoms with E-state index in [2.05, 4.69) is 24.1 Å². The summed E-state index contributed by atoms with van der Waals surface area (Å²) < 4.78 is 10.6. The first-order chi connectivity index (χ1) is 16.4. The fraction of sp³-hybridized carbons (Fsp3) is 0.192. The molecule has 0 fully saturated rings. The summed E-state index contributed by atoms with van der Waals surface area (Å²) in [6.07, 6.45) is 0. The third-order valence-corrected chi connectivity index (χ3v) is 6.65. The third-order valence-electron chi connectivity index (χ3n) is 5.55. The molecule has 0 saturated heterocycles. The van der Waals surface area contributed by atoms with Crippen LogP contribution in [0.2, 0.25) is 0 Å². The largest absolute Gasteiger partial charge is 0.465 e. The molecule has 8 heteroatoms. The van der Waals surface area contributed by atoms with E-state index in [1.807, 2.05) is 48.5 Å². The zero-order chi connectivity index (χ0) is 24.2. The van der Waals surface area contributed by atoms with Crippen LogP contribution in [-0.2, 0) is 4.74 Å². The van der Waals surface area contributed by atoms with Crippen LogP contribution in [0.1, 0.15) is 34.6 Å². The number of benzene rings is 2. The Kier molecular flexibility index (Phi) is 6.79. The highest BCUT2D eigenvalue weighted by molar-refractivity contribution is 7.20. The third kappa shape index (κ3) is 4.58. The molecule has 0 aliphatic rings. The molecule has 0 unspecified atom stereocenters. The molecule has 0 aliphatic carbocycles. The summed E-state index contributed by atoms with van der Waals surface area (Å²) in [5.41, 5.74) is 2.53. The van der Waals surface area contributed by atoms with Crippen molar-refractivity contribution in [3.63, 3.8) is 0 Å². The lowest BCUT2D eigenvalue weighted by Crippen LogP contribution is -2.22. The van der Waals surface area contributed by atoms with E-state index < -0.39 is 11.9 Å². The number of fused-ring (bicyclic) bond motifs is 1. The SMILES string of the molecule is CCN(CC)c1ccc2cc(C(=O)Nc3sc(-c4ccccc4)cc3C(=O)OC)c(=N)oc2c1. The molecule has 2 N–H and O–H groups in total. The Bertz CT molecular complexity index is 1400. The number of nitrogens with zero attached hydrogens (tertiary/aromatic N) is 1. The molecule has 4 rings (SSSR count). The van der Waals surface area contributed by atoms with Gasteiger partial charge in [0.05, 0.1) is 12.7 Å². The van der Waals surface area contributed by atoms with Crippen molar-refractivity contribution in [2.24, 2.45) is 0 Å². The van der Waals surface area contributed by atoms with Crippen molar-refractivity contribution >= 4 is 44.9 Å². The van der Waals surface area contributed by atoms with Gasteiger partial charge in [-0.15, -0.1) is 11.3 Å². The molecule has 34 heavy (non-hydrogen) atoms. The van der Waals surface area contributed by atoms with Crippen LogP contribution in [0, 0.1) is 5.41 Å². The number of hydrogen-bond acceptors (Lipinski definition) is 7. The topological polar surface area (TPSA) is 95.6 Å². The van der Waals surface area contributed by atoms with Crippen LogP contribution in [0.4, 0.5) is 10.7 Å². The van der Waals surface area contributed by atoms with Crippen LogP contribution in [0.3, 0.4) is 0 Å². The fourth-order valence-corrected chi connectivity index (χ4v) is 4.78. The first-order valence-corrected chi connectivity index (χ1v) is 11.7. The zero-order valence-electron chi connectivity index (χ0n) is 19.2. The number of esters is 1. The Morgan fingerprint density at radius 2 is 1.76 bits per heavy atom. The van der Waals surface area contributed by atoms with Crippen molar-refractivity contribution in [3.05, 3.63) is 77.3 Å². The average molecular weight is 476 g/mol. The minimum atomic E-state index is -0.549. The lowest BCUT2D eigenvalue weighted by molar-refractivity contribution is 0.0602. The highest BCUT2D eigenvalue weighted by atomic mass is 32.1. The Balaban J connectivity index is 1.68. The number of rotatable bonds is 7. The van der Waals surface area contributed by atoms with Gasteiger partial charge in [-0.25, -0.2) is 4.79 Å². The maximum atomic E-state index is 13.1. The molecule has 2 aromatic heterocycles. The Morgan fingerprint density at radius 3 is 2.44 bits per heavy atom. The maximum Gasteiger partial charge on any atom is 0.340 e. The Hall–Kier alpha value is -3.91. The van der Waals surface area contributed by atoms with Crippen LogP contribution < -0.4 is 15.8 Å². The number of amides is 1. The number of methoxy groups -OCH3 is 1. The molecule has 0 aliphatic heterocycles. The van der Waals surface area contributed by atoms with Gasteiger partial charge in [0.15, 0.2) is 0 Å². The molecule has 0 atom stereocenters. The number of carbonyl (C=O) groups excluding carboxylic acids is 2. The van der Waals surface area contributed by atoms with Gasteiger partial charge in [0.25, 0.3) is 5.91 Å². The molecule has 7 nitrogen and oxygen atoms in total. The van der Waals surface area contributed by atoms with E-state index >= 15 is 0 Å². The van der Waals surface area contributed by atoms with Gasteiger partial charge in [-0.1, -0.05) is 30.3 Å². The van der Waals surface area contributed by atoms with Crippen LogP contribution in [0.25, 0.3) is 21.4 Å². The average Bonchev–Trinajstić information content (AvgIpc) is 3.28. The van der Waals surface area contributed by atoms with E-state index in [1.165, 1.54) is 18.4 Å². The van der Waals surface area contributed by atoms with Crippen LogP contribution in [-0.4, -0.2) is 32.1 Å². The predicted octanol–water partition coefficient (Wildman–Crippen LogP) is 5.53. The Morgan fingerprint density at radius 1 is 1.03 bits per heavy atom. The minimum absolute atomic E-state index is 0.0774. The Labute approximate surface area is 201 Å². The molecular formula is C26H25N3O4S. The molecule has 2 aromatic carbocycles. The summed E-state index contributed by atoms with van der Waals surface area (Å²) in [6, 6.07) is 18.6. The molecule has 174 valence electrons. The number of thiophene rings is 1. The fourth-order valence-electron chi connectivity index (χ4n) is 3.73. The summed E-state index contributed by atoms with van der Waals surface area (Å²) in [4.78, 5) is 28.4. The van der Waals surface area contributed by atoms with Gasteiger partial charge >= 0.3 is 5.97 Å². The number of ether oxygens (including phenoxy) is 1. The van der Waals surface area contributed by atoms with Crippen molar-refractivity contribution in [3.8, 4) is 10.4 Å². The monoisotopic (exact) mass is 475 g/mol. The standard InChI is InChI=1S/C26H25N3O4S/c1-4-29(5-2)18-12-11-17-13-19(23(27)33-21(17)14-18)24(30)28-25-20(26(31)32-3)15-22(34-25)16-9-7-6-8-10-16/h6-15,27H,4-5H2,1-3H3,(H,28,30). The van der Waals surface area contributed by atoms with Crippen LogP contribution in [0.15, 0.2) is 65.1 Å². The van der Waals surface area contributed by atoms with E-state index in [9.17, 15) is 9.59 Å². The number of hydrogen-bond donors (Lipinski definition) is 2. The van der Waals surface area contributed by atoms with Crippen molar-refractivity contribution in [1.82, 2.24) is 0 Å². The minimum Gasteiger partial charge on any atom is -0.465 e. The van der Waals surface area contributed by atoms with E-state index in [0.29, 0.717) is 16.0 Å². The van der Waals surface area contributed by atoms with Gasteiger partial charge in [-0.05, 0) is 43.7 Å². The molecule has 4 aromatic rings. The summed E-state index contributed by atoms with van der Waals surface area (Å²) in [7, 11) is 1.30. The lowest BCUT2D eigenvalue weighted by Gasteiger charge is -2.21. The highest BCUT2D eigenvalue weighted by Gasteiger charge is 2.21. The van der Waals surface area contributed by atoms with E-state index in [1.54, 1.807) is 12.1 Å². The van der Waals surface area contributed by atoms with Gasteiger partial charge in [0.1, 0.15) is 16.1 Å². The van der Waals surface area contributed by atoms with Crippen molar-refractivity contribution in [1.29, 1.82) is 5.41 Å². The zero-order valence-corrected chi connectivity index (χ0v) is 20.0. The smallest absolute Gasteiger partial charge is 0.340 e. The second kappa shape index (κ2) is 9.93. The van der Waals surface area contributed by atoms with Crippen LogP contribution in [0.5, 0.6) is 0 Å². The van der Waals surface area contributed by atoms with Crippen molar-refractivity contribution in [2.75, 3.05) is 30.4 Å². The number of anilines is 2. The molecule has 0 radical (unpaired) electrons. The highest BCUT2D eigenvalue weighted by Crippen LogP contribution is 2.36. The molecule has 2 heterocycles. The number of nitrogens with one attached hydrogen (secondary N) is 2. The predicted molar refractivity (Wildman–Crippen MR) is 135 cm³/mol. The lowest BCUT2D eigenvalue weighted by atomic mass is 10.1. The van der Waals surface area contributed by atoms with E-state index in [4.69, 9.17) is 14.6 Å². The van der Waals surface area contributed by atoms with Crippen molar-refractivity contribution in [2.45, 2.75) is 13.8 Å². The van der Waals surface area contributed by atoms with Gasteiger partial charge < -0.3 is 19.4 Å². The first-order valence-electron chi connectivity index (χ1n) is 10.9. The molecule has 0 bridgehead atoms. The summed E-state index contributed by atoms with van der Waals surface area (Å²) >= 11 is 1.27. The van der Waals surface area contributed by atoms with Gasteiger partial charge in [0.2, 0.25) is 5.55 Å². The van der Waals surface area contributed by atoms with Gasteiger partial charge in [0, 0.05) is 35.1 Å². The van der Waals surface area contributed by atoms with E-state index in [-0.39, 0.29) is 16.7 Å². The molecular weight excluding hydrogens is 450 g/mol. The normalized spacial score (nSPS) is 10.8. The van der Waals surface area contributed by atoms with Gasteiger partial charge in [-0.2, -0.15) is 0 Å². The number of carbonyl (C=O) groups is 2. The maximum absolute atomic E-state index is 13.1. The summed E-state index contributed by atoms with van der Waals surface area (Å²) in [5.74, 6) is -1.08. The van der Waals surface area contributed by atoms with Crippen molar-refractivity contribution < 1.29 is 18.7 Å². The summed E-state index contributed by atoms with van der Waals surface area (Å²) in [6.45, 7) is 5.85.